The lowest BCUT2D eigenvalue weighted by molar-refractivity contribution is 1.07. The highest BCUT2D eigenvalue weighted by Gasteiger charge is 1.88. The van der Waals surface area contributed by atoms with E-state index in [1.165, 1.54) is 16.7 Å². The summed E-state index contributed by atoms with van der Waals surface area (Å²) in [6.07, 6.45) is 1.95. The first-order valence-electron chi connectivity index (χ1n) is 4.88. The third-order valence-electron chi connectivity index (χ3n) is 2.19. The molecule has 0 unspecified atom stereocenters. The van der Waals surface area contributed by atoms with Crippen LogP contribution in [0.5, 0.6) is 0 Å². The Bertz CT molecular complexity index is 330. The molecule has 0 atom stereocenters. The Morgan fingerprint density at radius 3 is 2.36 bits per heavy atom. The lowest BCUT2D eigenvalue weighted by Gasteiger charge is -1.96. The highest BCUT2D eigenvalue weighted by molar-refractivity contribution is 5.78. The van der Waals surface area contributed by atoms with E-state index >= 15 is 0 Å². The van der Waals surface area contributed by atoms with Gasteiger partial charge in [-0.25, -0.2) is 0 Å². The third-order valence-corrected chi connectivity index (χ3v) is 2.19. The van der Waals surface area contributed by atoms with E-state index in [1.807, 2.05) is 24.4 Å². The summed E-state index contributed by atoms with van der Waals surface area (Å²) in [6, 6.07) is 10.3. The van der Waals surface area contributed by atoms with Gasteiger partial charge < -0.3 is 0 Å². The maximum absolute atomic E-state index is 4.38. The molecule has 1 aromatic carbocycles. The smallest absolute Gasteiger partial charge is 0.0639 e. The Morgan fingerprint density at radius 1 is 1.14 bits per heavy atom. The molecule has 0 radical (unpaired) electrons. The summed E-state index contributed by atoms with van der Waals surface area (Å²) in [7, 11) is 0. The zero-order chi connectivity index (χ0) is 10.4. The summed E-state index contributed by atoms with van der Waals surface area (Å²) in [5, 5.41) is 0. The molecule has 0 fully saturated rings. The van der Waals surface area contributed by atoms with E-state index in [9.17, 15) is 0 Å². The van der Waals surface area contributed by atoms with Crippen LogP contribution in [0.15, 0.2) is 46.5 Å². The van der Waals surface area contributed by atoms with E-state index in [0.717, 1.165) is 6.54 Å². The fourth-order valence-corrected chi connectivity index (χ4v) is 1.00. The Balaban J connectivity index is 2.54. The Morgan fingerprint density at radius 2 is 1.79 bits per heavy atom. The molecule has 0 bridgehead atoms. The van der Waals surface area contributed by atoms with E-state index in [-0.39, 0.29) is 0 Å². The van der Waals surface area contributed by atoms with Crippen LogP contribution in [0, 0.1) is 0 Å². The zero-order valence-electron chi connectivity index (χ0n) is 9.12. The van der Waals surface area contributed by atoms with Crippen LogP contribution in [-0.4, -0.2) is 6.21 Å². The topological polar surface area (TPSA) is 12.4 Å². The van der Waals surface area contributed by atoms with Crippen LogP contribution in [0.2, 0.25) is 0 Å². The van der Waals surface area contributed by atoms with Crippen LogP contribution in [-0.2, 0) is 6.54 Å². The van der Waals surface area contributed by atoms with Gasteiger partial charge >= 0.3 is 0 Å². The highest BCUT2D eigenvalue weighted by Crippen LogP contribution is 2.02. The van der Waals surface area contributed by atoms with Gasteiger partial charge in [-0.1, -0.05) is 35.9 Å². The van der Waals surface area contributed by atoms with Crippen LogP contribution in [0.4, 0.5) is 0 Å². The van der Waals surface area contributed by atoms with Crippen molar-refractivity contribution in [3.63, 3.8) is 0 Å². The van der Waals surface area contributed by atoms with Crippen molar-refractivity contribution in [1.82, 2.24) is 0 Å². The second kappa shape index (κ2) is 5.38. The summed E-state index contributed by atoms with van der Waals surface area (Å²) in [5.41, 5.74) is 3.83. The molecule has 0 amide bonds. The molecule has 0 saturated heterocycles. The van der Waals surface area contributed by atoms with E-state index in [1.54, 1.807) is 0 Å². The van der Waals surface area contributed by atoms with Crippen molar-refractivity contribution in [2.24, 2.45) is 4.99 Å². The third kappa shape index (κ3) is 3.56. The molecule has 1 rings (SSSR count). The minimum Gasteiger partial charge on any atom is -0.288 e. The summed E-state index contributed by atoms with van der Waals surface area (Å²) in [4.78, 5) is 4.38. The molecule has 0 saturated carbocycles. The molecule has 0 aliphatic carbocycles. The number of hydrogen-bond acceptors (Lipinski definition) is 1. The van der Waals surface area contributed by atoms with E-state index in [0.29, 0.717) is 0 Å². The van der Waals surface area contributed by atoms with Crippen molar-refractivity contribution in [1.29, 1.82) is 0 Å². The Labute approximate surface area is 86.2 Å². The summed E-state index contributed by atoms with van der Waals surface area (Å²) >= 11 is 0. The van der Waals surface area contributed by atoms with Gasteiger partial charge in [0.1, 0.15) is 0 Å². The molecule has 1 aromatic rings. The number of rotatable bonds is 3. The number of allylic oxidation sites excluding steroid dienone is 2. The summed E-state index contributed by atoms with van der Waals surface area (Å²) in [6.45, 7) is 7.06. The van der Waals surface area contributed by atoms with Crippen molar-refractivity contribution in [3.8, 4) is 0 Å². The average molecular weight is 187 g/mol. The fraction of sp³-hybridized carbons (Fsp3) is 0.308. The standard InChI is InChI=1S/C13H17N/c1-11(2)12(3)9-14-10-13-7-5-4-6-8-13/h4-9H,10H2,1-3H3. The van der Waals surface area contributed by atoms with Crippen LogP contribution in [0.3, 0.4) is 0 Å². The summed E-state index contributed by atoms with van der Waals surface area (Å²) < 4.78 is 0. The Kier molecular flexibility index (Phi) is 4.11. The van der Waals surface area contributed by atoms with Crippen LogP contribution in [0.25, 0.3) is 0 Å². The molecule has 0 aliphatic heterocycles. The highest BCUT2D eigenvalue weighted by atomic mass is 14.7. The van der Waals surface area contributed by atoms with Crippen molar-refractivity contribution < 1.29 is 0 Å². The van der Waals surface area contributed by atoms with Gasteiger partial charge in [-0.2, -0.15) is 0 Å². The van der Waals surface area contributed by atoms with Gasteiger partial charge in [-0.15, -0.1) is 0 Å². The Hall–Kier alpha value is -1.37. The van der Waals surface area contributed by atoms with Crippen molar-refractivity contribution >= 4 is 6.21 Å². The molecule has 0 aromatic heterocycles. The minimum absolute atomic E-state index is 0.769. The second-order valence-corrected chi connectivity index (χ2v) is 3.64. The maximum atomic E-state index is 4.38. The lowest BCUT2D eigenvalue weighted by atomic mass is 10.2. The van der Waals surface area contributed by atoms with Gasteiger partial charge in [0.15, 0.2) is 0 Å². The first-order chi connectivity index (χ1) is 6.70. The molecule has 0 spiro atoms. The molecular formula is C13H17N. The first kappa shape index (κ1) is 10.7. The maximum Gasteiger partial charge on any atom is 0.0639 e. The molecule has 1 heteroatoms. The molecule has 0 heterocycles. The van der Waals surface area contributed by atoms with E-state index in [4.69, 9.17) is 0 Å². The van der Waals surface area contributed by atoms with Gasteiger partial charge in [-0.05, 0) is 31.9 Å². The molecular weight excluding hydrogens is 170 g/mol. The average Bonchev–Trinajstić information content (AvgIpc) is 2.19. The van der Waals surface area contributed by atoms with Crippen molar-refractivity contribution in [3.05, 3.63) is 47.0 Å². The van der Waals surface area contributed by atoms with Crippen LogP contribution >= 0.6 is 0 Å². The minimum atomic E-state index is 0.769. The monoisotopic (exact) mass is 187 g/mol. The molecule has 14 heavy (non-hydrogen) atoms. The molecule has 74 valence electrons. The molecule has 0 aliphatic rings. The largest absolute Gasteiger partial charge is 0.288 e. The zero-order valence-corrected chi connectivity index (χ0v) is 9.12. The number of benzene rings is 1. The quantitative estimate of drug-likeness (QED) is 0.641. The van der Waals surface area contributed by atoms with Gasteiger partial charge in [0.2, 0.25) is 0 Å². The molecule has 1 nitrogen and oxygen atoms in total. The summed E-state index contributed by atoms with van der Waals surface area (Å²) in [5.74, 6) is 0. The SMILES string of the molecule is CC(C)=C(C)C=NCc1ccccc1. The van der Waals surface area contributed by atoms with Crippen molar-refractivity contribution in [2.75, 3.05) is 0 Å². The van der Waals surface area contributed by atoms with E-state index < -0.39 is 0 Å². The van der Waals surface area contributed by atoms with Crippen LogP contribution < -0.4 is 0 Å². The molecule has 0 N–H and O–H groups in total. The number of hydrogen-bond donors (Lipinski definition) is 0. The second-order valence-electron chi connectivity index (χ2n) is 3.64. The normalized spacial score (nSPS) is 10.5. The van der Waals surface area contributed by atoms with Gasteiger partial charge in [0, 0.05) is 6.21 Å². The first-order valence-corrected chi connectivity index (χ1v) is 4.88. The van der Waals surface area contributed by atoms with Crippen molar-refractivity contribution in [2.45, 2.75) is 27.3 Å². The lowest BCUT2D eigenvalue weighted by Crippen LogP contribution is -1.84. The van der Waals surface area contributed by atoms with Gasteiger partial charge in [0.05, 0.1) is 6.54 Å². The van der Waals surface area contributed by atoms with Gasteiger partial charge in [-0.3, -0.25) is 4.99 Å². The van der Waals surface area contributed by atoms with Gasteiger partial charge in [0.25, 0.3) is 0 Å². The van der Waals surface area contributed by atoms with Crippen LogP contribution in [0.1, 0.15) is 26.3 Å². The number of aliphatic imine (C=N–C) groups is 1. The predicted octanol–water partition coefficient (Wildman–Crippen LogP) is 3.61. The number of nitrogens with zero attached hydrogens (tertiary/aromatic N) is 1. The van der Waals surface area contributed by atoms with E-state index in [2.05, 4.69) is 37.9 Å². The predicted molar refractivity (Wildman–Crippen MR) is 62.7 cm³/mol. The fourth-order valence-electron chi connectivity index (χ4n) is 1.00.